The van der Waals surface area contributed by atoms with Gasteiger partial charge in [-0.3, -0.25) is 0 Å². The molecular weight excluding hydrogens is 92.1 g/mol. The van der Waals surface area contributed by atoms with Gasteiger partial charge >= 0.3 is 0 Å². The van der Waals surface area contributed by atoms with Crippen molar-refractivity contribution in [2.75, 3.05) is 5.75 Å². The van der Waals surface area contributed by atoms with E-state index in [1.165, 1.54) is 11.2 Å². The zero-order chi connectivity index (χ0) is 4.99. The highest BCUT2D eigenvalue weighted by Gasteiger charge is 1.83. The lowest BCUT2D eigenvalue weighted by molar-refractivity contribution is 0.752. The highest BCUT2D eigenvalue weighted by molar-refractivity contribution is 7.88. The molecule has 0 amide bonds. The molecule has 1 heteroatoms. The van der Waals surface area contributed by atoms with Crippen LogP contribution in [0.4, 0.5) is 0 Å². The molecule has 0 rings (SSSR count). The molecule has 0 aliphatic heterocycles. The highest BCUT2D eigenvalue weighted by atomic mass is 32.1. The van der Waals surface area contributed by atoms with Crippen LogP contribution in [0.3, 0.4) is 0 Å². The third-order valence-electron chi connectivity index (χ3n) is 0.430. The summed E-state index contributed by atoms with van der Waals surface area (Å²) in [6.45, 7) is 4.31. The van der Waals surface area contributed by atoms with Crippen LogP contribution in [0, 0.1) is 11.6 Å². The van der Waals surface area contributed by atoms with Crippen molar-refractivity contribution in [3.05, 3.63) is 0 Å². The zero-order valence-corrected chi connectivity index (χ0v) is 5.09. The quantitative estimate of drug-likeness (QED) is 0.475. The van der Waals surface area contributed by atoms with E-state index in [4.69, 9.17) is 5.69 Å². The standard InChI is InChI=1S/C5H10S/c1-5(2)4-6-3/h3,5H,4H2,1-2H3. The van der Waals surface area contributed by atoms with Gasteiger partial charge in [0.2, 0.25) is 0 Å². The van der Waals surface area contributed by atoms with Gasteiger partial charge in [0.25, 0.3) is 0 Å². The van der Waals surface area contributed by atoms with Crippen molar-refractivity contribution >= 4 is 11.2 Å². The van der Waals surface area contributed by atoms with Gasteiger partial charge in [-0.05, 0) is 5.92 Å². The Labute approximate surface area is 43.2 Å². The summed E-state index contributed by atoms with van der Waals surface area (Å²) in [5.41, 5.74) is 5.15. The van der Waals surface area contributed by atoms with Gasteiger partial charge in [-0.2, -0.15) is 0 Å². The van der Waals surface area contributed by atoms with E-state index < -0.39 is 0 Å². The molecule has 0 aromatic rings. The number of hydrogen-bond donors (Lipinski definition) is 0. The molecule has 0 aliphatic carbocycles. The fraction of sp³-hybridized carbons (Fsp3) is 0.800. The lowest BCUT2D eigenvalue weighted by Gasteiger charge is -1.90. The van der Waals surface area contributed by atoms with Crippen molar-refractivity contribution in [3.8, 4) is 5.69 Å². The Morgan fingerprint density at radius 3 is 2.17 bits per heavy atom. The average molecular weight is 102 g/mol. The van der Waals surface area contributed by atoms with Gasteiger partial charge in [-0.25, -0.2) is 0 Å². The second kappa shape index (κ2) is 3.20. The third-order valence-corrected chi connectivity index (χ3v) is 1.29. The SMILES string of the molecule is C#SCC(C)C. The van der Waals surface area contributed by atoms with E-state index in [0.29, 0.717) is 0 Å². The van der Waals surface area contributed by atoms with Crippen LogP contribution in [0.5, 0.6) is 0 Å². The minimum Gasteiger partial charge on any atom is -0.138 e. The zero-order valence-electron chi connectivity index (χ0n) is 4.27. The van der Waals surface area contributed by atoms with Crippen LogP contribution in [0.15, 0.2) is 0 Å². The molecule has 36 valence electrons. The second-order valence-electron chi connectivity index (χ2n) is 1.73. The molecular formula is C5H10S. The molecule has 0 saturated carbocycles. The molecule has 0 fully saturated rings. The fourth-order valence-corrected chi connectivity index (χ4v) is 0.577. The Balaban J connectivity index is 2.88. The molecule has 0 aliphatic rings. The summed E-state index contributed by atoms with van der Waals surface area (Å²) in [6, 6.07) is 0. The van der Waals surface area contributed by atoms with Gasteiger partial charge in [-0.15, -0.1) is 16.9 Å². The summed E-state index contributed by atoms with van der Waals surface area (Å²) >= 11 is 1.41. The Bertz CT molecular complexity index is 58.8. The summed E-state index contributed by atoms with van der Waals surface area (Å²) in [5.74, 6) is 1.81. The molecule has 0 aromatic carbocycles. The van der Waals surface area contributed by atoms with E-state index in [1.807, 2.05) is 0 Å². The summed E-state index contributed by atoms with van der Waals surface area (Å²) in [6.07, 6.45) is 0. The Morgan fingerprint density at radius 1 is 1.67 bits per heavy atom. The van der Waals surface area contributed by atoms with E-state index >= 15 is 0 Å². The fourth-order valence-electron chi connectivity index (χ4n) is 0.192. The molecule has 0 unspecified atom stereocenters. The molecule has 0 aromatic heterocycles. The molecule has 0 heterocycles. The molecule has 0 atom stereocenters. The van der Waals surface area contributed by atoms with Crippen molar-refractivity contribution in [2.45, 2.75) is 13.8 Å². The largest absolute Gasteiger partial charge is 0.138 e. The van der Waals surface area contributed by atoms with Gasteiger partial charge in [0, 0.05) is 5.75 Å². The third kappa shape index (κ3) is 4.00. The van der Waals surface area contributed by atoms with Crippen LogP contribution in [0.25, 0.3) is 0 Å². The lowest BCUT2D eigenvalue weighted by Crippen LogP contribution is -1.84. The summed E-state index contributed by atoms with van der Waals surface area (Å²) < 4.78 is 0. The average Bonchev–Trinajstić information content (AvgIpc) is 1.35. The first kappa shape index (κ1) is 6.00. The first-order chi connectivity index (χ1) is 2.77. The van der Waals surface area contributed by atoms with Crippen LogP contribution in [-0.2, 0) is 0 Å². The minimum absolute atomic E-state index is 0.736. The van der Waals surface area contributed by atoms with Gasteiger partial charge in [-0.1, -0.05) is 13.8 Å². The van der Waals surface area contributed by atoms with Gasteiger partial charge in [0.15, 0.2) is 0 Å². The highest BCUT2D eigenvalue weighted by Crippen LogP contribution is 1.93. The second-order valence-corrected chi connectivity index (χ2v) is 2.39. The van der Waals surface area contributed by atoms with E-state index in [9.17, 15) is 0 Å². The molecule has 0 saturated heterocycles. The first-order valence-electron chi connectivity index (χ1n) is 2.09. The smallest absolute Gasteiger partial charge is 0.0198 e. The first-order valence-corrected chi connectivity index (χ1v) is 3.14. The van der Waals surface area contributed by atoms with Gasteiger partial charge < -0.3 is 0 Å². The Morgan fingerprint density at radius 2 is 2.17 bits per heavy atom. The van der Waals surface area contributed by atoms with Crippen molar-refractivity contribution in [2.24, 2.45) is 5.92 Å². The van der Waals surface area contributed by atoms with Crippen LogP contribution in [0.1, 0.15) is 13.8 Å². The summed E-state index contributed by atoms with van der Waals surface area (Å²) in [4.78, 5) is 0. The maximum atomic E-state index is 5.15. The van der Waals surface area contributed by atoms with E-state index in [0.717, 1.165) is 11.7 Å². The topological polar surface area (TPSA) is 0 Å². The molecule has 0 bridgehead atoms. The maximum absolute atomic E-state index is 5.15. The van der Waals surface area contributed by atoms with Crippen molar-refractivity contribution in [1.29, 1.82) is 0 Å². The Hall–Kier alpha value is 0. The number of hydrogen-bond acceptors (Lipinski definition) is 0. The van der Waals surface area contributed by atoms with E-state index in [2.05, 4.69) is 13.8 Å². The van der Waals surface area contributed by atoms with Crippen LogP contribution < -0.4 is 0 Å². The molecule has 6 heavy (non-hydrogen) atoms. The minimum atomic E-state index is 0.736. The van der Waals surface area contributed by atoms with Crippen LogP contribution in [-0.4, -0.2) is 5.75 Å². The number of rotatable bonds is 1. The van der Waals surface area contributed by atoms with Gasteiger partial charge in [0.05, 0.1) is 0 Å². The summed E-state index contributed by atoms with van der Waals surface area (Å²) in [7, 11) is 0. The molecule has 0 nitrogen and oxygen atoms in total. The van der Waals surface area contributed by atoms with Crippen molar-refractivity contribution in [3.63, 3.8) is 0 Å². The predicted molar refractivity (Wildman–Crippen MR) is 32.2 cm³/mol. The monoisotopic (exact) mass is 102 g/mol. The molecule has 0 N–H and O–H groups in total. The van der Waals surface area contributed by atoms with Gasteiger partial charge in [0.1, 0.15) is 0 Å². The van der Waals surface area contributed by atoms with Crippen LogP contribution in [0.2, 0.25) is 0 Å². The summed E-state index contributed by atoms with van der Waals surface area (Å²) in [5, 5.41) is 0. The normalized spacial score (nSPS) is 9.00. The Kier molecular flexibility index (Phi) is 3.20. The van der Waals surface area contributed by atoms with Crippen molar-refractivity contribution in [1.82, 2.24) is 0 Å². The van der Waals surface area contributed by atoms with E-state index in [1.54, 1.807) is 0 Å². The molecule has 0 spiro atoms. The van der Waals surface area contributed by atoms with E-state index in [-0.39, 0.29) is 0 Å². The maximum Gasteiger partial charge on any atom is 0.0198 e. The van der Waals surface area contributed by atoms with Crippen molar-refractivity contribution < 1.29 is 0 Å². The molecule has 0 radical (unpaired) electrons. The van der Waals surface area contributed by atoms with Crippen LogP contribution >= 0.6 is 11.2 Å². The predicted octanol–water partition coefficient (Wildman–Crippen LogP) is 1.96. The lowest BCUT2D eigenvalue weighted by atomic mass is 10.3.